The van der Waals surface area contributed by atoms with Gasteiger partial charge in [-0.1, -0.05) is 17.4 Å². The van der Waals surface area contributed by atoms with E-state index in [4.69, 9.17) is 10.7 Å². The Morgan fingerprint density at radius 2 is 2.14 bits per heavy atom. The van der Waals surface area contributed by atoms with Gasteiger partial charge in [0.1, 0.15) is 22.8 Å². The number of anilines is 2. The van der Waals surface area contributed by atoms with Crippen molar-refractivity contribution in [3.63, 3.8) is 0 Å². The Kier molecular flexibility index (Phi) is 5.25. The van der Waals surface area contributed by atoms with Gasteiger partial charge in [-0.3, -0.25) is 9.69 Å². The standard InChI is InChI=1S/C20H23N7OS/c1-4-26(12(2)3)18-8-13-14(16(9-21)24-18)10-27(20(13)28)17-7-5-6-15(23-17)19-25-22-11-29-19/h5-8,11-12H,4,9-10,21H2,1-3H3. The maximum atomic E-state index is 13.3. The largest absolute Gasteiger partial charge is 0.354 e. The Bertz CT molecular complexity index is 1040. The Labute approximate surface area is 173 Å². The van der Waals surface area contributed by atoms with Gasteiger partial charge < -0.3 is 10.6 Å². The van der Waals surface area contributed by atoms with Gasteiger partial charge in [0.05, 0.1) is 17.8 Å². The Hall–Kier alpha value is -2.91. The predicted molar refractivity (Wildman–Crippen MR) is 114 cm³/mol. The average molecular weight is 410 g/mol. The molecule has 3 aromatic rings. The number of carbonyl (C=O) groups is 1. The van der Waals surface area contributed by atoms with Gasteiger partial charge in [0.25, 0.3) is 5.91 Å². The molecule has 4 heterocycles. The van der Waals surface area contributed by atoms with Crippen molar-refractivity contribution in [1.29, 1.82) is 0 Å². The van der Waals surface area contributed by atoms with Crippen LogP contribution in [0, 0.1) is 0 Å². The van der Waals surface area contributed by atoms with E-state index in [1.807, 2.05) is 24.3 Å². The highest BCUT2D eigenvalue weighted by atomic mass is 32.1. The molecule has 2 N–H and O–H groups in total. The van der Waals surface area contributed by atoms with Gasteiger partial charge in [-0.15, -0.1) is 10.2 Å². The summed E-state index contributed by atoms with van der Waals surface area (Å²) in [5.74, 6) is 1.28. The van der Waals surface area contributed by atoms with Crippen LogP contribution in [0.4, 0.5) is 11.6 Å². The van der Waals surface area contributed by atoms with E-state index in [1.165, 1.54) is 11.3 Å². The lowest BCUT2D eigenvalue weighted by Crippen LogP contribution is -2.31. The number of hydrogen-bond donors (Lipinski definition) is 1. The zero-order valence-corrected chi connectivity index (χ0v) is 17.5. The third-order valence-electron chi connectivity index (χ3n) is 5.03. The number of hydrogen-bond acceptors (Lipinski definition) is 8. The van der Waals surface area contributed by atoms with Crippen LogP contribution in [0.2, 0.25) is 0 Å². The predicted octanol–water partition coefficient (Wildman–Crippen LogP) is 2.85. The number of rotatable bonds is 6. The first-order valence-electron chi connectivity index (χ1n) is 9.58. The second-order valence-electron chi connectivity index (χ2n) is 7.05. The minimum absolute atomic E-state index is 0.0833. The highest BCUT2D eigenvalue weighted by Gasteiger charge is 2.33. The van der Waals surface area contributed by atoms with Crippen molar-refractivity contribution in [2.75, 3.05) is 16.3 Å². The van der Waals surface area contributed by atoms with Crippen molar-refractivity contribution < 1.29 is 4.79 Å². The number of nitrogens with zero attached hydrogens (tertiary/aromatic N) is 6. The minimum Gasteiger partial charge on any atom is -0.354 e. The van der Waals surface area contributed by atoms with Crippen molar-refractivity contribution in [2.45, 2.75) is 39.9 Å². The van der Waals surface area contributed by atoms with E-state index >= 15 is 0 Å². The molecule has 1 amide bonds. The van der Waals surface area contributed by atoms with Crippen LogP contribution in [-0.4, -0.2) is 38.7 Å². The summed E-state index contributed by atoms with van der Waals surface area (Å²) >= 11 is 1.41. The fourth-order valence-electron chi connectivity index (χ4n) is 3.62. The summed E-state index contributed by atoms with van der Waals surface area (Å²) in [5.41, 5.74) is 10.6. The fourth-order valence-corrected chi connectivity index (χ4v) is 4.15. The fraction of sp³-hybridized carbons (Fsp3) is 0.350. The number of fused-ring (bicyclic) bond motifs is 1. The summed E-state index contributed by atoms with van der Waals surface area (Å²) in [6.45, 7) is 7.79. The van der Waals surface area contributed by atoms with E-state index in [0.29, 0.717) is 23.6 Å². The summed E-state index contributed by atoms with van der Waals surface area (Å²) in [6.07, 6.45) is 0. The molecule has 0 atom stereocenters. The first-order chi connectivity index (χ1) is 14.0. The second-order valence-corrected chi connectivity index (χ2v) is 7.89. The molecule has 3 aromatic heterocycles. The topological polar surface area (TPSA) is 101 Å². The average Bonchev–Trinajstić information content (AvgIpc) is 3.37. The van der Waals surface area contributed by atoms with E-state index in [0.717, 1.165) is 28.6 Å². The third-order valence-corrected chi connectivity index (χ3v) is 5.74. The van der Waals surface area contributed by atoms with Crippen molar-refractivity contribution in [1.82, 2.24) is 20.2 Å². The minimum atomic E-state index is -0.0833. The zero-order valence-electron chi connectivity index (χ0n) is 16.7. The second kappa shape index (κ2) is 7.84. The molecule has 4 rings (SSSR count). The summed E-state index contributed by atoms with van der Waals surface area (Å²) < 4.78 is 0. The van der Waals surface area contributed by atoms with Crippen LogP contribution in [0.1, 0.15) is 42.4 Å². The molecule has 0 aliphatic carbocycles. The van der Waals surface area contributed by atoms with E-state index in [-0.39, 0.29) is 18.5 Å². The van der Waals surface area contributed by atoms with Gasteiger partial charge in [-0.2, -0.15) is 0 Å². The summed E-state index contributed by atoms with van der Waals surface area (Å²) in [5, 5.41) is 8.65. The van der Waals surface area contributed by atoms with Gasteiger partial charge in [-0.25, -0.2) is 9.97 Å². The lowest BCUT2D eigenvalue weighted by molar-refractivity contribution is 0.0996. The van der Waals surface area contributed by atoms with Crippen LogP contribution in [0.3, 0.4) is 0 Å². The molecule has 1 aliphatic heterocycles. The first-order valence-corrected chi connectivity index (χ1v) is 10.5. The van der Waals surface area contributed by atoms with Crippen LogP contribution < -0.4 is 15.5 Å². The molecule has 0 bridgehead atoms. The Balaban J connectivity index is 1.73. The first kappa shape index (κ1) is 19.4. The smallest absolute Gasteiger partial charge is 0.260 e. The molecule has 0 spiro atoms. The zero-order chi connectivity index (χ0) is 20.5. The van der Waals surface area contributed by atoms with Gasteiger partial charge in [-0.05, 0) is 39.0 Å². The Morgan fingerprint density at radius 3 is 2.79 bits per heavy atom. The third kappa shape index (κ3) is 3.47. The van der Waals surface area contributed by atoms with E-state index in [1.54, 1.807) is 10.4 Å². The van der Waals surface area contributed by atoms with Gasteiger partial charge >= 0.3 is 0 Å². The molecule has 0 radical (unpaired) electrons. The lowest BCUT2D eigenvalue weighted by Gasteiger charge is -2.27. The number of carbonyl (C=O) groups excluding carboxylic acids is 1. The van der Waals surface area contributed by atoms with Crippen molar-refractivity contribution >= 4 is 28.9 Å². The van der Waals surface area contributed by atoms with Crippen LogP contribution in [0.5, 0.6) is 0 Å². The highest BCUT2D eigenvalue weighted by molar-refractivity contribution is 7.12. The lowest BCUT2D eigenvalue weighted by atomic mass is 10.1. The normalized spacial score (nSPS) is 13.3. The molecule has 0 saturated heterocycles. The summed E-state index contributed by atoms with van der Waals surface area (Å²) in [6, 6.07) is 7.73. The van der Waals surface area contributed by atoms with Crippen molar-refractivity contribution in [3.05, 3.63) is 46.6 Å². The highest BCUT2D eigenvalue weighted by Crippen LogP contribution is 2.32. The molecule has 9 heteroatoms. The van der Waals surface area contributed by atoms with Crippen LogP contribution in [-0.2, 0) is 13.1 Å². The number of aromatic nitrogens is 4. The quantitative estimate of drug-likeness (QED) is 0.668. The van der Waals surface area contributed by atoms with Crippen molar-refractivity contribution in [2.24, 2.45) is 5.73 Å². The van der Waals surface area contributed by atoms with E-state index < -0.39 is 0 Å². The molecule has 0 unspecified atom stereocenters. The molecular formula is C20H23N7OS. The van der Waals surface area contributed by atoms with E-state index in [2.05, 4.69) is 40.9 Å². The number of amides is 1. The number of pyridine rings is 2. The summed E-state index contributed by atoms with van der Waals surface area (Å²) in [7, 11) is 0. The number of nitrogens with two attached hydrogens (primary N) is 1. The van der Waals surface area contributed by atoms with Gasteiger partial charge in [0.2, 0.25) is 0 Å². The monoisotopic (exact) mass is 409 g/mol. The molecule has 0 saturated carbocycles. The molecule has 0 aromatic carbocycles. The SMILES string of the molecule is CCN(c1cc2c(c(CN)n1)CN(c1cccc(-c3nncs3)n1)C2=O)C(C)C. The van der Waals surface area contributed by atoms with E-state index in [9.17, 15) is 4.79 Å². The van der Waals surface area contributed by atoms with Crippen molar-refractivity contribution in [3.8, 4) is 10.7 Å². The Morgan fingerprint density at radius 1 is 1.31 bits per heavy atom. The van der Waals surface area contributed by atoms with Crippen LogP contribution in [0.25, 0.3) is 10.7 Å². The maximum Gasteiger partial charge on any atom is 0.260 e. The molecule has 1 aliphatic rings. The molecule has 150 valence electrons. The molecule has 29 heavy (non-hydrogen) atoms. The van der Waals surface area contributed by atoms with Crippen LogP contribution >= 0.6 is 11.3 Å². The molecule has 8 nitrogen and oxygen atoms in total. The molecular weight excluding hydrogens is 386 g/mol. The van der Waals surface area contributed by atoms with Gasteiger partial charge in [0.15, 0.2) is 5.01 Å². The summed E-state index contributed by atoms with van der Waals surface area (Å²) in [4.78, 5) is 26.5. The van der Waals surface area contributed by atoms with Gasteiger partial charge in [0, 0.05) is 24.7 Å². The van der Waals surface area contributed by atoms with Crippen LogP contribution in [0.15, 0.2) is 29.8 Å². The maximum absolute atomic E-state index is 13.3. The molecule has 0 fully saturated rings.